The monoisotopic (exact) mass is 764 g/mol. The van der Waals surface area contributed by atoms with E-state index in [-0.39, 0.29) is 0 Å². The zero-order valence-electron chi connectivity index (χ0n) is 33.0. The van der Waals surface area contributed by atoms with E-state index in [2.05, 4.69) is 252 Å². The summed E-state index contributed by atoms with van der Waals surface area (Å²) in [5.74, 6) is 0. The van der Waals surface area contributed by atoms with Gasteiger partial charge in [-0.05, 0) is 92.7 Å². The van der Waals surface area contributed by atoms with Crippen molar-refractivity contribution in [3.63, 3.8) is 0 Å². The normalized spacial score (nSPS) is 11.3. The fraction of sp³-hybridized carbons (Fsp3) is 0. The number of para-hydroxylation sites is 3. The summed E-state index contributed by atoms with van der Waals surface area (Å²) in [6.45, 7) is 0. The molecule has 60 heavy (non-hydrogen) atoms. The molecule has 11 rings (SSSR count). The third kappa shape index (κ3) is 6.23. The first-order valence-electron chi connectivity index (χ1n) is 20.6. The topological polar surface area (TPSA) is 8.17 Å². The lowest BCUT2D eigenvalue weighted by molar-refractivity contribution is 1.18. The number of hydrogen-bond acceptors (Lipinski definition) is 1. The Morgan fingerprint density at radius 2 is 0.833 bits per heavy atom. The number of fused-ring (bicyclic) bond motifs is 4. The van der Waals surface area contributed by atoms with Crippen LogP contribution in [0.15, 0.2) is 243 Å². The summed E-state index contributed by atoms with van der Waals surface area (Å²) in [6, 6.07) is 87.9. The van der Waals surface area contributed by atoms with Crippen LogP contribution in [0.5, 0.6) is 0 Å². The third-order valence-electron chi connectivity index (χ3n) is 11.8. The predicted molar refractivity (Wildman–Crippen MR) is 255 cm³/mol. The van der Waals surface area contributed by atoms with Crippen LogP contribution in [0.4, 0.5) is 17.1 Å². The maximum atomic E-state index is 2.47. The van der Waals surface area contributed by atoms with Crippen molar-refractivity contribution in [1.29, 1.82) is 0 Å². The summed E-state index contributed by atoms with van der Waals surface area (Å²) in [5.41, 5.74) is 16.3. The fourth-order valence-corrected chi connectivity index (χ4v) is 8.96. The lowest BCUT2D eigenvalue weighted by Crippen LogP contribution is -2.11. The largest absolute Gasteiger partial charge is 0.310 e. The van der Waals surface area contributed by atoms with Gasteiger partial charge in [0.25, 0.3) is 0 Å². The maximum Gasteiger partial charge on any atom is 0.0562 e. The quantitative estimate of drug-likeness (QED) is 0.150. The van der Waals surface area contributed by atoms with Crippen molar-refractivity contribution in [2.45, 2.75) is 0 Å². The summed E-state index contributed by atoms with van der Waals surface area (Å²) < 4.78 is 2.47. The molecule has 2 heteroatoms. The Hall–Kier alpha value is -7.94. The van der Waals surface area contributed by atoms with Gasteiger partial charge < -0.3 is 9.47 Å². The molecule has 0 radical (unpaired) electrons. The number of anilines is 3. The van der Waals surface area contributed by atoms with E-state index in [9.17, 15) is 0 Å². The molecule has 0 aliphatic rings. The van der Waals surface area contributed by atoms with Gasteiger partial charge in [-0.25, -0.2) is 0 Å². The molecule has 11 aromatic rings. The lowest BCUT2D eigenvalue weighted by atomic mass is 9.95. The van der Waals surface area contributed by atoms with Crippen molar-refractivity contribution in [2.24, 2.45) is 0 Å². The molecule has 0 bridgehead atoms. The van der Waals surface area contributed by atoms with Crippen LogP contribution >= 0.6 is 0 Å². The standard InChI is InChI=1S/C58H40N2/c1-4-17-41(18-5-1)42-31-33-43(34-32-42)46-35-38-57(54(39-46)45-19-6-2-7-20-45)59(47-23-8-3-9-24-47)48-36-37-53-52-27-13-15-30-56(52)60(58(53)40-48)55-29-14-12-26-51(55)50-28-16-22-44-21-10-11-25-49(44)50/h1-40H. The maximum absolute atomic E-state index is 2.47. The summed E-state index contributed by atoms with van der Waals surface area (Å²) >= 11 is 0. The van der Waals surface area contributed by atoms with Gasteiger partial charge in [0.15, 0.2) is 0 Å². The first kappa shape index (κ1) is 35.2. The third-order valence-corrected chi connectivity index (χ3v) is 11.8. The van der Waals surface area contributed by atoms with Crippen molar-refractivity contribution in [3.8, 4) is 50.2 Å². The van der Waals surface area contributed by atoms with Crippen LogP contribution in [0.25, 0.3) is 82.8 Å². The Morgan fingerprint density at radius 1 is 0.283 bits per heavy atom. The highest BCUT2D eigenvalue weighted by atomic mass is 15.1. The van der Waals surface area contributed by atoms with E-state index < -0.39 is 0 Å². The van der Waals surface area contributed by atoms with Gasteiger partial charge in [0.05, 0.1) is 22.4 Å². The van der Waals surface area contributed by atoms with Crippen molar-refractivity contribution in [2.75, 3.05) is 4.90 Å². The lowest BCUT2D eigenvalue weighted by Gasteiger charge is -2.28. The van der Waals surface area contributed by atoms with E-state index in [4.69, 9.17) is 0 Å². The molecular weight excluding hydrogens is 725 g/mol. The molecule has 0 atom stereocenters. The van der Waals surface area contributed by atoms with Gasteiger partial charge in [0, 0.05) is 33.3 Å². The van der Waals surface area contributed by atoms with E-state index in [0.29, 0.717) is 0 Å². The highest BCUT2D eigenvalue weighted by Crippen LogP contribution is 2.45. The SMILES string of the molecule is c1ccc(-c2ccc(-c3ccc(N(c4ccccc4)c4ccc5c6ccccc6n(-c6ccccc6-c6cccc7ccccc67)c5c4)c(-c4ccccc4)c3)cc2)cc1. The zero-order chi connectivity index (χ0) is 39.8. The van der Waals surface area contributed by atoms with Crippen LogP contribution in [-0.4, -0.2) is 4.57 Å². The molecule has 0 saturated heterocycles. The second kappa shape index (κ2) is 15.1. The van der Waals surface area contributed by atoms with E-state index >= 15 is 0 Å². The fourth-order valence-electron chi connectivity index (χ4n) is 8.96. The highest BCUT2D eigenvalue weighted by Gasteiger charge is 2.22. The predicted octanol–water partition coefficient (Wildman–Crippen LogP) is 16.1. The van der Waals surface area contributed by atoms with Gasteiger partial charge in [-0.15, -0.1) is 0 Å². The Morgan fingerprint density at radius 3 is 1.62 bits per heavy atom. The Balaban J connectivity index is 1.12. The number of hydrogen-bond donors (Lipinski definition) is 0. The van der Waals surface area contributed by atoms with Gasteiger partial charge in [-0.2, -0.15) is 0 Å². The zero-order valence-corrected chi connectivity index (χ0v) is 33.0. The van der Waals surface area contributed by atoms with Crippen molar-refractivity contribution in [3.05, 3.63) is 243 Å². The molecule has 2 nitrogen and oxygen atoms in total. The Kier molecular flexibility index (Phi) is 8.87. The van der Waals surface area contributed by atoms with Gasteiger partial charge in [-0.3, -0.25) is 0 Å². The number of benzene rings is 10. The Bertz CT molecular complexity index is 3290. The highest BCUT2D eigenvalue weighted by molar-refractivity contribution is 6.11. The smallest absolute Gasteiger partial charge is 0.0562 e. The van der Waals surface area contributed by atoms with Crippen LogP contribution in [0.1, 0.15) is 0 Å². The Labute approximate surface area is 350 Å². The molecule has 0 unspecified atom stereocenters. The second-order valence-corrected chi connectivity index (χ2v) is 15.3. The molecule has 1 aromatic heterocycles. The minimum Gasteiger partial charge on any atom is -0.310 e. The van der Waals surface area contributed by atoms with Crippen LogP contribution in [0.3, 0.4) is 0 Å². The van der Waals surface area contributed by atoms with E-state index in [1.807, 2.05) is 0 Å². The molecule has 282 valence electrons. The number of aromatic nitrogens is 1. The van der Waals surface area contributed by atoms with Gasteiger partial charge >= 0.3 is 0 Å². The average Bonchev–Trinajstić information content (AvgIpc) is 3.66. The second-order valence-electron chi connectivity index (χ2n) is 15.3. The molecule has 0 aliphatic carbocycles. The molecule has 0 amide bonds. The molecule has 0 fully saturated rings. The van der Waals surface area contributed by atoms with Gasteiger partial charge in [0.1, 0.15) is 0 Å². The molecule has 1 heterocycles. The molecule has 0 aliphatic heterocycles. The molecule has 0 N–H and O–H groups in total. The summed E-state index contributed by atoms with van der Waals surface area (Å²) in [6.07, 6.45) is 0. The molecule has 0 saturated carbocycles. The number of rotatable bonds is 8. The molecule has 0 spiro atoms. The van der Waals surface area contributed by atoms with Crippen molar-refractivity contribution in [1.82, 2.24) is 4.57 Å². The van der Waals surface area contributed by atoms with Crippen LogP contribution < -0.4 is 4.90 Å². The van der Waals surface area contributed by atoms with Crippen molar-refractivity contribution < 1.29 is 0 Å². The van der Waals surface area contributed by atoms with E-state index in [1.165, 1.54) is 60.4 Å². The first-order valence-corrected chi connectivity index (χ1v) is 20.6. The van der Waals surface area contributed by atoms with Crippen molar-refractivity contribution >= 4 is 49.6 Å². The minimum absolute atomic E-state index is 1.08. The summed E-state index contributed by atoms with van der Waals surface area (Å²) in [7, 11) is 0. The van der Waals surface area contributed by atoms with E-state index in [1.54, 1.807) is 0 Å². The molecule has 10 aromatic carbocycles. The van der Waals surface area contributed by atoms with Gasteiger partial charge in [0.2, 0.25) is 0 Å². The minimum atomic E-state index is 1.08. The van der Waals surface area contributed by atoms with Crippen LogP contribution in [0, 0.1) is 0 Å². The number of nitrogens with zero attached hydrogens (tertiary/aromatic N) is 2. The first-order chi connectivity index (χ1) is 29.8. The van der Waals surface area contributed by atoms with E-state index in [0.717, 1.165) is 39.4 Å². The van der Waals surface area contributed by atoms with Crippen LogP contribution in [0.2, 0.25) is 0 Å². The molecular formula is C58H40N2. The van der Waals surface area contributed by atoms with Gasteiger partial charge in [-0.1, -0.05) is 194 Å². The average molecular weight is 765 g/mol. The summed E-state index contributed by atoms with van der Waals surface area (Å²) in [5, 5.41) is 4.92. The summed E-state index contributed by atoms with van der Waals surface area (Å²) in [4.78, 5) is 2.42. The van der Waals surface area contributed by atoms with Crippen LogP contribution in [-0.2, 0) is 0 Å².